The molecule has 1 saturated heterocycles. The van der Waals surface area contributed by atoms with Gasteiger partial charge in [-0.05, 0) is 18.6 Å². The first-order chi connectivity index (χ1) is 9.76. The van der Waals surface area contributed by atoms with E-state index in [1.807, 2.05) is 41.8 Å². The first kappa shape index (κ1) is 14.9. The number of carbonyl (C=O) groups excluding carboxylic acids is 1. The molecular formula is C15H19N3OS. The molecule has 5 heteroatoms. The molecule has 0 aromatic heterocycles. The van der Waals surface area contributed by atoms with Gasteiger partial charge in [0.1, 0.15) is 0 Å². The largest absolute Gasteiger partial charge is 0.337 e. The number of nitriles is 1. The van der Waals surface area contributed by atoms with Gasteiger partial charge in [-0.15, -0.1) is 0 Å². The highest BCUT2D eigenvalue weighted by Crippen LogP contribution is 2.14. The lowest BCUT2D eigenvalue weighted by Crippen LogP contribution is -2.50. The van der Waals surface area contributed by atoms with Gasteiger partial charge in [-0.25, -0.2) is 0 Å². The van der Waals surface area contributed by atoms with Crippen LogP contribution < -0.4 is 5.32 Å². The standard InChI is InChI=1S/C15H19N3OS/c1-2-18(15(19)14-11-20-8-7-17-14)10-13-6-4-3-5-12(13)9-16/h3-6,14,17H,2,7-8,10-11H2,1H3. The van der Waals surface area contributed by atoms with Crippen molar-refractivity contribution in [1.29, 1.82) is 5.26 Å². The van der Waals surface area contributed by atoms with Gasteiger partial charge in [0.15, 0.2) is 0 Å². The molecule has 1 aromatic rings. The number of hydrogen-bond donors (Lipinski definition) is 1. The molecule has 1 aromatic carbocycles. The van der Waals surface area contributed by atoms with E-state index >= 15 is 0 Å². The summed E-state index contributed by atoms with van der Waals surface area (Å²) >= 11 is 1.81. The van der Waals surface area contributed by atoms with E-state index in [9.17, 15) is 4.79 Å². The molecule has 20 heavy (non-hydrogen) atoms. The summed E-state index contributed by atoms with van der Waals surface area (Å²) in [6.07, 6.45) is 0. The van der Waals surface area contributed by atoms with Crippen LogP contribution in [-0.2, 0) is 11.3 Å². The third kappa shape index (κ3) is 3.53. The number of likely N-dealkylation sites (N-methyl/N-ethyl adjacent to an activating group) is 1. The van der Waals surface area contributed by atoms with Crippen molar-refractivity contribution in [1.82, 2.24) is 10.2 Å². The first-order valence-corrected chi connectivity index (χ1v) is 7.99. The summed E-state index contributed by atoms with van der Waals surface area (Å²) in [5.74, 6) is 2.02. The molecule has 0 radical (unpaired) electrons. The van der Waals surface area contributed by atoms with Crippen molar-refractivity contribution in [3.05, 3.63) is 35.4 Å². The Labute approximate surface area is 124 Å². The molecular weight excluding hydrogens is 270 g/mol. The molecule has 1 amide bonds. The van der Waals surface area contributed by atoms with E-state index in [-0.39, 0.29) is 11.9 Å². The average Bonchev–Trinajstić information content (AvgIpc) is 2.53. The number of rotatable bonds is 4. The Balaban J connectivity index is 2.08. The van der Waals surface area contributed by atoms with Crippen LogP contribution in [0.25, 0.3) is 0 Å². The maximum absolute atomic E-state index is 12.5. The Kier molecular flexibility index (Phi) is 5.45. The van der Waals surface area contributed by atoms with Crippen molar-refractivity contribution in [2.45, 2.75) is 19.5 Å². The fraction of sp³-hybridized carbons (Fsp3) is 0.467. The van der Waals surface area contributed by atoms with Gasteiger partial charge >= 0.3 is 0 Å². The second-order valence-electron chi connectivity index (χ2n) is 4.70. The van der Waals surface area contributed by atoms with Gasteiger partial charge in [-0.2, -0.15) is 17.0 Å². The Morgan fingerprint density at radius 3 is 3.00 bits per heavy atom. The Morgan fingerprint density at radius 2 is 2.35 bits per heavy atom. The van der Waals surface area contributed by atoms with Crippen molar-refractivity contribution in [2.24, 2.45) is 0 Å². The van der Waals surface area contributed by atoms with Gasteiger partial charge in [0.25, 0.3) is 0 Å². The van der Waals surface area contributed by atoms with E-state index in [0.717, 1.165) is 23.6 Å². The van der Waals surface area contributed by atoms with E-state index in [4.69, 9.17) is 5.26 Å². The predicted molar refractivity (Wildman–Crippen MR) is 81.4 cm³/mol. The normalized spacial score (nSPS) is 18.3. The highest BCUT2D eigenvalue weighted by Gasteiger charge is 2.25. The molecule has 1 unspecified atom stereocenters. The molecule has 2 rings (SSSR count). The molecule has 1 N–H and O–H groups in total. The summed E-state index contributed by atoms with van der Waals surface area (Å²) in [6.45, 7) is 4.01. The molecule has 1 aliphatic rings. The van der Waals surface area contributed by atoms with Gasteiger partial charge in [-0.1, -0.05) is 18.2 Å². The minimum atomic E-state index is -0.0945. The summed E-state index contributed by atoms with van der Waals surface area (Å²) < 4.78 is 0. The Morgan fingerprint density at radius 1 is 1.55 bits per heavy atom. The van der Waals surface area contributed by atoms with Crippen LogP contribution in [0.5, 0.6) is 0 Å². The Hall–Kier alpha value is -1.51. The molecule has 0 aliphatic carbocycles. The van der Waals surface area contributed by atoms with Crippen LogP contribution in [0.3, 0.4) is 0 Å². The number of carbonyl (C=O) groups is 1. The maximum Gasteiger partial charge on any atom is 0.240 e. The van der Waals surface area contributed by atoms with Crippen molar-refractivity contribution < 1.29 is 4.79 Å². The lowest BCUT2D eigenvalue weighted by atomic mass is 10.1. The van der Waals surface area contributed by atoms with E-state index in [2.05, 4.69) is 11.4 Å². The highest BCUT2D eigenvalue weighted by molar-refractivity contribution is 7.99. The van der Waals surface area contributed by atoms with Crippen LogP contribution in [0.4, 0.5) is 0 Å². The molecule has 1 heterocycles. The monoisotopic (exact) mass is 289 g/mol. The summed E-state index contributed by atoms with van der Waals surface area (Å²) in [7, 11) is 0. The van der Waals surface area contributed by atoms with Crippen LogP contribution in [0.1, 0.15) is 18.1 Å². The molecule has 1 atom stereocenters. The third-order valence-electron chi connectivity index (χ3n) is 3.41. The van der Waals surface area contributed by atoms with Crippen molar-refractivity contribution in [3.63, 3.8) is 0 Å². The first-order valence-electron chi connectivity index (χ1n) is 6.84. The van der Waals surface area contributed by atoms with E-state index in [1.54, 1.807) is 6.07 Å². The average molecular weight is 289 g/mol. The van der Waals surface area contributed by atoms with Gasteiger partial charge in [-0.3, -0.25) is 4.79 Å². The number of nitrogens with zero attached hydrogens (tertiary/aromatic N) is 2. The second-order valence-corrected chi connectivity index (χ2v) is 5.85. The van der Waals surface area contributed by atoms with Gasteiger partial charge < -0.3 is 10.2 Å². The third-order valence-corrected chi connectivity index (χ3v) is 4.47. The highest BCUT2D eigenvalue weighted by atomic mass is 32.2. The van der Waals surface area contributed by atoms with Crippen LogP contribution in [0.2, 0.25) is 0 Å². The molecule has 106 valence electrons. The fourth-order valence-electron chi connectivity index (χ4n) is 2.26. The molecule has 0 spiro atoms. The smallest absolute Gasteiger partial charge is 0.240 e. The molecule has 0 bridgehead atoms. The maximum atomic E-state index is 12.5. The van der Waals surface area contributed by atoms with Gasteiger partial charge in [0.2, 0.25) is 5.91 Å². The van der Waals surface area contributed by atoms with Crippen LogP contribution in [-0.4, -0.2) is 41.4 Å². The zero-order chi connectivity index (χ0) is 14.4. The fourth-order valence-corrected chi connectivity index (χ4v) is 3.19. The summed E-state index contributed by atoms with van der Waals surface area (Å²) in [6, 6.07) is 9.55. The SMILES string of the molecule is CCN(Cc1ccccc1C#N)C(=O)C1CSCCN1. The summed E-state index contributed by atoms with van der Waals surface area (Å²) in [4.78, 5) is 14.3. The minimum absolute atomic E-state index is 0.0945. The predicted octanol–water partition coefficient (Wildman–Crippen LogP) is 1.61. The lowest BCUT2D eigenvalue weighted by Gasteiger charge is -2.29. The van der Waals surface area contributed by atoms with Crippen LogP contribution in [0, 0.1) is 11.3 Å². The van der Waals surface area contributed by atoms with Crippen molar-refractivity contribution in [2.75, 3.05) is 24.6 Å². The number of hydrogen-bond acceptors (Lipinski definition) is 4. The van der Waals surface area contributed by atoms with Crippen molar-refractivity contribution in [3.8, 4) is 6.07 Å². The van der Waals surface area contributed by atoms with Gasteiger partial charge in [0, 0.05) is 31.1 Å². The Bertz CT molecular complexity index is 506. The quantitative estimate of drug-likeness (QED) is 0.915. The minimum Gasteiger partial charge on any atom is -0.337 e. The summed E-state index contributed by atoms with van der Waals surface area (Å²) in [5, 5.41) is 12.4. The second kappa shape index (κ2) is 7.32. The molecule has 0 saturated carbocycles. The van der Waals surface area contributed by atoms with E-state index < -0.39 is 0 Å². The zero-order valence-corrected chi connectivity index (χ0v) is 12.4. The van der Waals surface area contributed by atoms with Crippen molar-refractivity contribution >= 4 is 17.7 Å². The van der Waals surface area contributed by atoms with E-state index in [0.29, 0.717) is 18.7 Å². The summed E-state index contributed by atoms with van der Waals surface area (Å²) in [5.41, 5.74) is 1.55. The number of nitrogens with one attached hydrogen (secondary N) is 1. The van der Waals surface area contributed by atoms with Crippen LogP contribution >= 0.6 is 11.8 Å². The molecule has 4 nitrogen and oxygen atoms in total. The van der Waals surface area contributed by atoms with Gasteiger partial charge in [0.05, 0.1) is 17.7 Å². The molecule has 1 aliphatic heterocycles. The van der Waals surface area contributed by atoms with E-state index in [1.165, 1.54) is 0 Å². The zero-order valence-electron chi connectivity index (χ0n) is 11.6. The lowest BCUT2D eigenvalue weighted by molar-refractivity contribution is -0.133. The number of amides is 1. The topological polar surface area (TPSA) is 56.1 Å². The van der Waals surface area contributed by atoms with Crippen LogP contribution in [0.15, 0.2) is 24.3 Å². The molecule has 1 fully saturated rings. The number of benzene rings is 1. The number of thioether (sulfide) groups is 1.